The third kappa shape index (κ3) is 10.9. The van der Waals surface area contributed by atoms with Gasteiger partial charge in [0.2, 0.25) is 9.23 Å². The first kappa shape index (κ1) is 16.4. The van der Waals surface area contributed by atoms with Gasteiger partial charge in [-0.25, -0.2) is 9.19 Å². The predicted molar refractivity (Wildman–Crippen MR) is 63.5 cm³/mol. The number of thiazole rings is 1. The molecule has 0 aliphatic heterocycles. The Balaban J connectivity index is 0. The highest BCUT2D eigenvalue weighted by molar-refractivity contribution is 8.26. The van der Waals surface area contributed by atoms with E-state index in [0.29, 0.717) is 5.88 Å². The maximum atomic E-state index is 9.09. The summed E-state index contributed by atoms with van der Waals surface area (Å²) >= 11 is 7.12. The number of hydrogen-bond acceptors (Lipinski definition) is 3. The van der Waals surface area contributed by atoms with Gasteiger partial charge in [-0.1, -0.05) is 0 Å². The van der Waals surface area contributed by atoms with E-state index in [1.54, 1.807) is 11.3 Å². The van der Waals surface area contributed by atoms with Gasteiger partial charge in [0.1, 0.15) is 0 Å². The smallest absolute Gasteiger partial charge is 0.211 e. The Hall–Kier alpha value is 0.940. The van der Waals surface area contributed by atoms with Crippen molar-refractivity contribution >= 4 is 65.9 Å². The average molecular weight is 303 g/mol. The minimum atomic E-state index is -1.67. The van der Waals surface area contributed by atoms with Gasteiger partial charge >= 0.3 is 0 Å². The molecule has 0 N–H and O–H groups in total. The van der Waals surface area contributed by atoms with Crippen molar-refractivity contribution in [3.63, 3.8) is 0 Å². The minimum Gasteiger partial charge on any atom is -0.245 e. The molecule has 0 aromatic carbocycles. The van der Waals surface area contributed by atoms with Crippen molar-refractivity contribution in [3.8, 4) is 0 Å². The summed E-state index contributed by atoms with van der Waals surface area (Å²) in [5.41, 5.74) is 0.981. The molecule has 0 atom stereocenters. The van der Waals surface area contributed by atoms with Crippen molar-refractivity contribution in [3.05, 3.63) is 16.1 Å². The van der Waals surface area contributed by atoms with Gasteiger partial charge in [0.15, 0.2) is 0 Å². The number of halogens is 4. The van der Waals surface area contributed by atoms with Gasteiger partial charge in [-0.2, -0.15) is 0 Å². The number of hydrogen-bond donors (Lipinski definition) is 0. The fourth-order valence-electron chi connectivity index (χ4n) is 0.470. The molecule has 0 fully saturated rings. The van der Waals surface area contributed by atoms with E-state index in [1.165, 1.54) is 0 Å². The molecular weight excluding hydrogens is 296 g/mol. The zero-order valence-electron chi connectivity index (χ0n) is 6.50. The highest BCUT2D eigenvalue weighted by atomic mass is 36.0. The zero-order valence-corrected chi connectivity index (χ0v) is 11.2. The molecule has 2 nitrogen and oxygen atoms in total. The van der Waals surface area contributed by atoms with Gasteiger partial charge < -0.3 is 0 Å². The summed E-state index contributed by atoms with van der Waals surface area (Å²) < 4.78 is 9.09. The summed E-state index contributed by atoms with van der Waals surface area (Å²) in [7, 11) is 7.36. The molecule has 0 radical (unpaired) electrons. The van der Waals surface area contributed by atoms with Crippen LogP contribution < -0.4 is 0 Å². The molecule has 0 amide bonds. The first-order valence-corrected chi connectivity index (χ1v) is 6.99. The SMILES string of the molecule is Cc1nc(CCl)cs1.Cl.O=S(Cl)Cl. The Kier molecular flexibility index (Phi) is 12.0. The molecule has 0 saturated heterocycles. The third-order valence-electron chi connectivity index (χ3n) is 0.803. The van der Waals surface area contributed by atoms with E-state index in [0.717, 1.165) is 10.7 Å². The normalized spacial score (nSPS) is 8.69. The van der Waals surface area contributed by atoms with Gasteiger partial charge in [0, 0.05) is 26.7 Å². The van der Waals surface area contributed by atoms with Crippen LogP contribution >= 0.6 is 56.7 Å². The van der Waals surface area contributed by atoms with Gasteiger partial charge in [-0.05, 0) is 6.92 Å². The molecule has 0 aliphatic rings. The third-order valence-corrected chi connectivity index (χ3v) is 1.90. The molecule has 0 spiro atoms. The standard InChI is InChI=1S/C5H6ClNS.Cl2OS.ClH/c1-4-7-5(2-6)3-8-4;1-4(2)3;/h3H,2H2,1H3;;1H. The molecule has 0 aliphatic carbocycles. The van der Waals surface area contributed by atoms with E-state index in [-0.39, 0.29) is 12.4 Å². The van der Waals surface area contributed by atoms with Gasteiger partial charge in [0.25, 0.3) is 0 Å². The second kappa shape index (κ2) is 9.49. The zero-order chi connectivity index (χ0) is 9.56. The summed E-state index contributed by atoms with van der Waals surface area (Å²) in [6.45, 7) is 1.97. The van der Waals surface area contributed by atoms with Crippen LogP contribution in [-0.4, -0.2) is 9.19 Å². The van der Waals surface area contributed by atoms with Crippen molar-refractivity contribution < 1.29 is 4.21 Å². The van der Waals surface area contributed by atoms with E-state index in [9.17, 15) is 0 Å². The Labute approximate surface area is 103 Å². The molecule has 1 aromatic heterocycles. The largest absolute Gasteiger partial charge is 0.245 e. The van der Waals surface area contributed by atoms with E-state index < -0.39 is 9.23 Å². The number of aromatic nitrogens is 1. The molecule has 1 rings (SSSR count). The van der Waals surface area contributed by atoms with Crippen LogP contribution in [0.1, 0.15) is 10.7 Å². The van der Waals surface area contributed by atoms with Crippen molar-refractivity contribution in [1.82, 2.24) is 4.98 Å². The molecule has 8 heteroatoms. The van der Waals surface area contributed by atoms with Crippen LogP contribution in [0.2, 0.25) is 0 Å². The van der Waals surface area contributed by atoms with Crippen molar-refractivity contribution in [2.45, 2.75) is 12.8 Å². The van der Waals surface area contributed by atoms with Crippen LogP contribution in [0.25, 0.3) is 0 Å². The maximum absolute atomic E-state index is 9.09. The van der Waals surface area contributed by atoms with Gasteiger partial charge in [-0.3, -0.25) is 0 Å². The first-order chi connectivity index (χ1) is 5.56. The monoisotopic (exact) mass is 301 g/mol. The molecule has 1 aromatic rings. The Morgan fingerprint density at radius 1 is 1.62 bits per heavy atom. The van der Waals surface area contributed by atoms with E-state index in [1.807, 2.05) is 12.3 Å². The van der Waals surface area contributed by atoms with E-state index in [2.05, 4.69) is 26.3 Å². The number of rotatable bonds is 1. The highest BCUT2D eigenvalue weighted by Gasteiger charge is 1.92. The lowest BCUT2D eigenvalue weighted by Gasteiger charge is -1.77. The molecule has 0 unspecified atom stereocenters. The Morgan fingerprint density at radius 3 is 2.23 bits per heavy atom. The minimum absolute atomic E-state index is 0. The fraction of sp³-hybridized carbons (Fsp3) is 0.400. The van der Waals surface area contributed by atoms with Gasteiger partial charge in [-0.15, -0.1) is 35.3 Å². The van der Waals surface area contributed by atoms with Gasteiger partial charge in [0.05, 0.1) is 16.6 Å². The number of alkyl halides is 1. The second-order valence-corrected chi connectivity index (χ2v) is 5.53. The fourth-order valence-corrected chi connectivity index (χ4v) is 1.31. The summed E-state index contributed by atoms with van der Waals surface area (Å²) in [4.78, 5) is 4.12. The molecule has 13 heavy (non-hydrogen) atoms. The lowest BCUT2D eigenvalue weighted by molar-refractivity contribution is 0.698. The lowest BCUT2D eigenvalue weighted by atomic mass is 10.6. The van der Waals surface area contributed by atoms with Crippen molar-refractivity contribution in [2.75, 3.05) is 0 Å². The molecule has 78 valence electrons. The van der Waals surface area contributed by atoms with Crippen molar-refractivity contribution in [1.29, 1.82) is 0 Å². The summed E-state index contributed by atoms with van der Waals surface area (Å²) in [6, 6.07) is 0. The maximum Gasteiger partial charge on any atom is 0.211 e. The van der Waals surface area contributed by atoms with E-state index in [4.69, 9.17) is 15.8 Å². The summed E-state index contributed by atoms with van der Waals surface area (Å²) in [5, 5.41) is 3.06. The molecule has 0 bridgehead atoms. The molecule has 1 heterocycles. The lowest BCUT2D eigenvalue weighted by Crippen LogP contribution is -1.74. The summed E-state index contributed by atoms with van der Waals surface area (Å²) in [6.07, 6.45) is 0. The second-order valence-electron chi connectivity index (χ2n) is 1.68. The van der Waals surface area contributed by atoms with Crippen LogP contribution in [0, 0.1) is 6.92 Å². The quantitative estimate of drug-likeness (QED) is 0.585. The van der Waals surface area contributed by atoms with Crippen molar-refractivity contribution in [2.24, 2.45) is 0 Å². The molecular formula is C5H7Cl4NOS2. The summed E-state index contributed by atoms with van der Waals surface area (Å²) in [5.74, 6) is 0.532. The van der Waals surface area contributed by atoms with Crippen LogP contribution in [0.15, 0.2) is 5.38 Å². The Bertz CT molecular complexity index is 250. The van der Waals surface area contributed by atoms with E-state index >= 15 is 0 Å². The molecule has 0 saturated carbocycles. The predicted octanol–water partition coefficient (Wildman–Crippen LogP) is 3.65. The van der Waals surface area contributed by atoms with Crippen LogP contribution in [-0.2, 0) is 15.1 Å². The van der Waals surface area contributed by atoms with Crippen LogP contribution in [0.4, 0.5) is 0 Å². The van der Waals surface area contributed by atoms with Crippen LogP contribution in [0.5, 0.6) is 0 Å². The van der Waals surface area contributed by atoms with Crippen LogP contribution in [0.3, 0.4) is 0 Å². The topological polar surface area (TPSA) is 30.0 Å². The number of aryl methyl sites for hydroxylation is 1. The Morgan fingerprint density at radius 2 is 2.08 bits per heavy atom. The average Bonchev–Trinajstić information content (AvgIpc) is 2.34. The highest BCUT2D eigenvalue weighted by Crippen LogP contribution is 2.08. The first-order valence-electron chi connectivity index (χ1n) is 2.77. The number of nitrogens with zero attached hydrogens (tertiary/aromatic N) is 1.